The molecule has 0 saturated carbocycles. The highest BCUT2D eigenvalue weighted by Gasteiger charge is 2.22. The Hall–Kier alpha value is -2.56. The summed E-state index contributed by atoms with van der Waals surface area (Å²) in [5.41, 5.74) is 1.00. The summed E-state index contributed by atoms with van der Waals surface area (Å²) >= 11 is 0. The number of hydrogen-bond acceptors (Lipinski definition) is 4. The fourth-order valence-corrected chi connectivity index (χ4v) is 3.30. The van der Waals surface area contributed by atoms with Gasteiger partial charge in [0.1, 0.15) is 22.8 Å². The number of phenols is 1. The number of benzene rings is 1. The van der Waals surface area contributed by atoms with Crippen molar-refractivity contribution in [1.29, 1.82) is 0 Å². The molecule has 5 heteroatoms. The molecule has 1 heterocycles. The average molecular weight is 386 g/mol. The molecule has 2 rings (SSSR count). The van der Waals surface area contributed by atoms with Gasteiger partial charge in [-0.15, -0.1) is 0 Å². The maximum atomic E-state index is 13.1. The van der Waals surface area contributed by atoms with Gasteiger partial charge in [-0.25, -0.2) is 0 Å². The molecule has 1 aromatic carbocycles. The van der Waals surface area contributed by atoms with Gasteiger partial charge in [0.2, 0.25) is 5.43 Å². The topological polar surface area (TPSA) is 79.5 Å². The first kappa shape index (κ1) is 21.7. The molecule has 2 N–H and O–H groups in total. The van der Waals surface area contributed by atoms with Crippen LogP contribution in [0, 0.1) is 6.92 Å². The first-order valence-corrected chi connectivity index (χ1v) is 10.2. The van der Waals surface area contributed by atoms with Gasteiger partial charge in [0, 0.05) is 17.7 Å². The van der Waals surface area contributed by atoms with E-state index in [9.17, 15) is 14.7 Å². The highest BCUT2D eigenvalue weighted by atomic mass is 16.3. The number of rotatable bonds is 10. The van der Waals surface area contributed by atoms with Crippen molar-refractivity contribution >= 4 is 11.6 Å². The summed E-state index contributed by atoms with van der Waals surface area (Å²) in [7, 11) is 0. The smallest absolute Gasteiger partial charge is 0.263 e. The molecule has 0 aliphatic rings. The third-order valence-corrected chi connectivity index (χ3v) is 4.84. The van der Waals surface area contributed by atoms with Crippen molar-refractivity contribution in [1.82, 2.24) is 0 Å². The van der Waals surface area contributed by atoms with Gasteiger partial charge in [-0.2, -0.15) is 0 Å². The van der Waals surface area contributed by atoms with Crippen LogP contribution in [0.3, 0.4) is 0 Å². The maximum Gasteiger partial charge on any atom is 0.263 e. The van der Waals surface area contributed by atoms with Crippen molar-refractivity contribution < 1.29 is 14.3 Å². The summed E-state index contributed by atoms with van der Waals surface area (Å²) < 4.78 is 5.92. The molecule has 0 aliphatic carbocycles. The van der Waals surface area contributed by atoms with E-state index in [1.54, 1.807) is 12.1 Å². The van der Waals surface area contributed by atoms with E-state index in [2.05, 4.69) is 12.2 Å². The molecule has 0 radical (unpaired) electrons. The van der Waals surface area contributed by atoms with E-state index in [1.165, 1.54) is 25.0 Å². The van der Waals surface area contributed by atoms with E-state index < -0.39 is 5.91 Å². The quantitative estimate of drug-likeness (QED) is 0.425. The Balaban J connectivity index is 2.28. The predicted octanol–water partition coefficient (Wildman–Crippen LogP) is 5.37. The molecule has 0 unspecified atom stereocenters. The molecule has 0 saturated heterocycles. The third kappa shape index (κ3) is 5.72. The molecule has 0 atom stereocenters. The summed E-state index contributed by atoms with van der Waals surface area (Å²) in [4.78, 5) is 26.0. The van der Waals surface area contributed by atoms with Crippen molar-refractivity contribution in [3.05, 3.63) is 57.1 Å². The number of amides is 1. The number of carbonyl (C=O) groups excluding carboxylic acids is 1. The van der Waals surface area contributed by atoms with Crippen LogP contribution in [0.1, 0.15) is 79.8 Å². The highest BCUT2D eigenvalue weighted by Crippen LogP contribution is 2.19. The number of nitrogens with one attached hydrogen (secondary N) is 1. The van der Waals surface area contributed by atoms with Gasteiger partial charge in [-0.1, -0.05) is 39.5 Å². The Morgan fingerprint density at radius 2 is 1.68 bits per heavy atom. The van der Waals surface area contributed by atoms with Crippen LogP contribution in [0.15, 0.2) is 33.5 Å². The van der Waals surface area contributed by atoms with E-state index >= 15 is 0 Å². The number of aryl methyl sites for hydroxylation is 2. The largest absolute Gasteiger partial charge is 0.508 e. The number of hydrogen-bond donors (Lipinski definition) is 2. The van der Waals surface area contributed by atoms with Gasteiger partial charge < -0.3 is 14.8 Å². The Labute approximate surface area is 166 Å². The van der Waals surface area contributed by atoms with Crippen molar-refractivity contribution in [2.45, 2.75) is 72.1 Å². The molecule has 28 heavy (non-hydrogen) atoms. The molecule has 0 spiro atoms. The third-order valence-electron chi connectivity index (χ3n) is 4.84. The number of anilines is 1. The SMILES string of the molecule is CCCCCCCc1c(C)oc(CCC)c(C(=O)Nc2ccc(O)cc2)c1=O. The minimum Gasteiger partial charge on any atom is -0.508 e. The summed E-state index contributed by atoms with van der Waals surface area (Å²) in [5, 5.41) is 12.1. The monoisotopic (exact) mass is 385 g/mol. The minimum absolute atomic E-state index is 0.101. The fraction of sp³-hybridized carbons (Fsp3) is 0.478. The molecule has 0 bridgehead atoms. The molecular formula is C23H31NO4. The van der Waals surface area contributed by atoms with Crippen molar-refractivity contribution in [2.24, 2.45) is 0 Å². The summed E-state index contributed by atoms with van der Waals surface area (Å²) in [6.45, 7) is 5.96. The van der Waals surface area contributed by atoms with Gasteiger partial charge in [0.25, 0.3) is 5.91 Å². The number of carbonyl (C=O) groups is 1. The highest BCUT2D eigenvalue weighted by molar-refractivity contribution is 6.05. The van der Waals surface area contributed by atoms with Gasteiger partial charge in [-0.05, 0) is 50.5 Å². The molecule has 1 aromatic heterocycles. The lowest BCUT2D eigenvalue weighted by atomic mass is 10.0. The van der Waals surface area contributed by atoms with Crippen molar-refractivity contribution in [3.8, 4) is 5.75 Å². The van der Waals surface area contributed by atoms with Gasteiger partial charge in [0.05, 0.1) is 0 Å². The standard InChI is InChI=1S/C23H31NO4/c1-4-6-7-8-9-11-19-16(3)28-20(10-5-2)21(22(19)26)23(27)24-17-12-14-18(25)15-13-17/h12-15,25H,4-11H2,1-3H3,(H,24,27). The lowest BCUT2D eigenvalue weighted by Gasteiger charge is -2.13. The average Bonchev–Trinajstić information content (AvgIpc) is 2.66. The summed E-state index contributed by atoms with van der Waals surface area (Å²) in [6.07, 6.45) is 7.45. The molecule has 2 aromatic rings. The number of aromatic hydroxyl groups is 1. The zero-order valence-corrected chi connectivity index (χ0v) is 17.1. The Morgan fingerprint density at radius 3 is 2.32 bits per heavy atom. The second-order valence-corrected chi connectivity index (χ2v) is 7.18. The van der Waals surface area contributed by atoms with Crippen LogP contribution in [-0.2, 0) is 12.8 Å². The molecular weight excluding hydrogens is 354 g/mol. The van der Waals surface area contributed by atoms with Crippen LogP contribution in [0.2, 0.25) is 0 Å². The van der Waals surface area contributed by atoms with E-state index in [-0.39, 0.29) is 16.7 Å². The molecule has 1 amide bonds. The molecule has 0 fully saturated rings. The van der Waals surface area contributed by atoms with Crippen LogP contribution < -0.4 is 10.7 Å². The predicted molar refractivity (Wildman–Crippen MR) is 112 cm³/mol. The number of phenolic OH excluding ortho intramolecular Hbond substituents is 1. The second-order valence-electron chi connectivity index (χ2n) is 7.18. The Bertz CT molecular complexity index is 837. The van der Waals surface area contributed by atoms with E-state index in [1.807, 2.05) is 13.8 Å². The summed E-state index contributed by atoms with van der Waals surface area (Å²) in [6, 6.07) is 6.16. The van der Waals surface area contributed by atoms with E-state index in [4.69, 9.17) is 4.42 Å². The first-order valence-electron chi connectivity index (χ1n) is 10.2. The van der Waals surface area contributed by atoms with E-state index in [0.717, 1.165) is 25.7 Å². The summed E-state index contributed by atoms with van der Waals surface area (Å²) in [5.74, 6) is 0.709. The molecule has 5 nitrogen and oxygen atoms in total. The van der Waals surface area contributed by atoms with Crippen molar-refractivity contribution in [2.75, 3.05) is 5.32 Å². The normalized spacial score (nSPS) is 10.8. The van der Waals surface area contributed by atoms with Crippen LogP contribution in [0.4, 0.5) is 5.69 Å². The Morgan fingerprint density at radius 1 is 1.00 bits per heavy atom. The first-order chi connectivity index (χ1) is 13.5. The van der Waals surface area contributed by atoms with Crippen LogP contribution >= 0.6 is 0 Å². The van der Waals surface area contributed by atoms with E-state index in [0.29, 0.717) is 35.6 Å². The van der Waals surface area contributed by atoms with Gasteiger partial charge in [-0.3, -0.25) is 9.59 Å². The number of unbranched alkanes of at least 4 members (excludes halogenated alkanes) is 4. The van der Waals surface area contributed by atoms with Crippen LogP contribution in [0.25, 0.3) is 0 Å². The Kier molecular flexibility index (Phi) is 8.30. The second kappa shape index (κ2) is 10.7. The lowest BCUT2D eigenvalue weighted by Crippen LogP contribution is -2.27. The van der Waals surface area contributed by atoms with Crippen molar-refractivity contribution in [3.63, 3.8) is 0 Å². The van der Waals surface area contributed by atoms with Crippen LogP contribution in [-0.4, -0.2) is 11.0 Å². The lowest BCUT2D eigenvalue weighted by molar-refractivity contribution is 0.102. The van der Waals surface area contributed by atoms with Gasteiger partial charge >= 0.3 is 0 Å². The molecule has 152 valence electrons. The van der Waals surface area contributed by atoms with Gasteiger partial charge in [0.15, 0.2) is 0 Å². The maximum absolute atomic E-state index is 13.1. The zero-order chi connectivity index (χ0) is 20.5. The minimum atomic E-state index is -0.463. The zero-order valence-electron chi connectivity index (χ0n) is 17.1. The molecule has 0 aliphatic heterocycles. The van der Waals surface area contributed by atoms with Crippen LogP contribution in [0.5, 0.6) is 5.75 Å². The fourth-order valence-electron chi connectivity index (χ4n) is 3.30.